The van der Waals surface area contributed by atoms with Gasteiger partial charge in [-0.05, 0) is 23.3 Å². The highest BCUT2D eigenvalue weighted by Crippen LogP contribution is 2.20. The van der Waals surface area contributed by atoms with Gasteiger partial charge in [-0.2, -0.15) is 0 Å². The molecule has 0 aliphatic heterocycles. The Morgan fingerprint density at radius 1 is 1.07 bits per heavy atom. The van der Waals surface area contributed by atoms with Crippen molar-refractivity contribution in [3.63, 3.8) is 0 Å². The lowest BCUT2D eigenvalue weighted by Gasteiger charge is -2.25. The van der Waals surface area contributed by atoms with E-state index in [1.54, 1.807) is 12.1 Å². The smallest absolute Gasteiger partial charge is 0.330 e. The van der Waals surface area contributed by atoms with Crippen molar-refractivity contribution in [1.29, 1.82) is 0 Å². The molecule has 0 atom stereocenters. The van der Waals surface area contributed by atoms with Crippen molar-refractivity contribution in [2.75, 3.05) is 23.8 Å². The standard InChI is InChI=1S/C20H21FN4O3/c21-16-8-4-7-15(11-16)12-24(9-10-26)17-18(22)25(20(28)23-19(17)27)13-14-5-2-1-3-6-14/h1-8,11,26H,9-10,12-13,22H2,(H,23,27,28). The molecule has 146 valence electrons. The van der Waals surface area contributed by atoms with Crippen LogP contribution in [-0.2, 0) is 13.1 Å². The maximum atomic E-state index is 13.5. The van der Waals surface area contributed by atoms with Gasteiger partial charge in [-0.1, -0.05) is 42.5 Å². The van der Waals surface area contributed by atoms with E-state index in [4.69, 9.17) is 5.73 Å². The van der Waals surface area contributed by atoms with Crippen LogP contribution < -0.4 is 21.9 Å². The van der Waals surface area contributed by atoms with Gasteiger partial charge in [0.25, 0.3) is 5.56 Å². The fourth-order valence-electron chi connectivity index (χ4n) is 3.05. The van der Waals surface area contributed by atoms with Crippen LogP contribution in [0.25, 0.3) is 0 Å². The van der Waals surface area contributed by atoms with Gasteiger partial charge in [0.05, 0.1) is 13.2 Å². The van der Waals surface area contributed by atoms with E-state index in [9.17, 15) is 19.1 Å². The second-order valence-corrected chi connectivity index (χ2v) is 6.34. The number of anilines is 2. The minimum atomic E-state index is -0.656. The highest BCUT2D eigenvalue weighted by Gasteiger charge is 2.19. The summed E-state index contributed by atoms with van der Waals surface area (Å²) in [5.41, 5.74) is 6.43. The molecule has 0 amide bonds. The molecule has 0 radical (unpaired) electrons. The van der Waals surface area contributed by atoms with Gasteiger partial charge in [0.1, 0.15) is 17.3 Å². The van der Waals surface area contributed by atoms with Crippen LogP contribution in [0.5, 0.6) is 0 Å². The number of nitrogens with two attached hydrogens (primary N) is 1. The first-order valence-corrected chi connectivity index (χ1v) is 8.76. The summed E-state index contributed by atoms with van der Waals surface area (Å²) in [6, 6.07) is 15.1. The summed E-state index contributed by atoms with van der Waals surface area (Å²) in [5, 5.41) is 9.43. The average molecular weight is 384 g/mol. The van der Waals surface area contributed by atoms with E-state index >= 15 is 0 Å². The van der Waals surface area contributed by atoms with E-state index in [2.05, 4.69) is 4.98 Å². The highest BCUT2D eigenvalue weighted by molar-refractivity contribution is 5.62. The van der Waals surface area contributed by atoms with Gasteiger partial charge in [-0.3, -0.25) is 14.3 Å². The van der Waals surface area contributed by atoms with Gasteiger partial charge in [0.2, 0.25) is 0 Å². The number of halogens is 1. The van der Waals surface area contributed by atoms with E-state index in [-0.39, 0.29) is 37.7 Å². The Morgan fingerprint density at radius 2 is 1.79 bits per heavy atom. The number of nitrogens with one attached hydrogen (secondary N) is 1. The molecule has 0 spiro atoms. The quantitative estimate of drug-likeness (QED) is 0.570. The van der Waals surface area contributed by atoms with E-state index in [0.29, 0.717) is 5.56 Å². The number of aliphatic hydroxyl groups excluding tert-OH is 1. The molecule has 4 N–H and O–H groups in total. The molecule has 0 aliphatic rings. The summed E-state index contributed by atoms with van der Waals surface area (Å²) >= 11 is 0. The minimum Gasteiger partial charge on any atom is -0.395 e. The first kappa shape index (κ1) is 19.4. The molecule has 7 nitrogen and oxygen atoms in total. The second kappa shape index (κ2) is 8.53. The van der Waals surface area contributed by atoms with Crippen LogP contribution in [0.15, 0.2) is 64.2 Å². The summed E-state index contributed by atoms with van der Waals surface area (Å²) < 4.78 is 14.8. The zero-order valence-corrected chi connectivity index (χ0v) is 15.1. The Balaban J connectivity index is 2.03. The molecule has 0 aliphatic carbocycles. The Hall–Kier alpha value is -3.39. The first-order valence-electron chi connectivity index (χ1n) is 8.76. The van der Waals surface area contributed by atoms with Gasteiger partial charge in [-0.15, -0.1) is 0 Å². The third kappa shape index (κ3) is 4.29. The lowest BCUT2D eigenvalue weighted by atomic mass is 10.2. The number of nitrogen functional groups attached to an aromatic ring is 1. The van der Waals surface area contributed by atoms with Crippen molar-refractivity contribution >= 4 is 11.5 Å². The predicted octanol–water partition coefficient (Wildman–Crippen LogP) is 1.31. The Labute approximate surface area is 160 Å². The molecule has 3 rings (SSSR count). The van der Waals surface area contributed by atoms with Gasteiger partial charge >= 0.3 is 5.69 Å². The molecule has 2 aromatic carbocycles. The molecule has 1 aromatic heterocycles. The normalized spacial score (nSPS) is 10.8. The van der Waals surface area contributed by atoms with Crippen molar-refractivity contribution in [2.45, 2.75) is 13.1 Å². The van der Waals surface area contributed by atoms with Crippen molar-refractivity contribution in [3.05, 3.63) is 92.4 Å². The summed E-state index contributed by atoms with van der Waals surface area (Å²) in [6.45, 7) is 0.177. The average Bonchev–Trinajstić information content (AvgIpc) is 2.66. The molecular weight excluding hydrogens is 363 g/mol. The number of aliphatic hydroxyl groups is 1. The number of H-pyrrole nitrogens is 1. The van der Waals surface area contributed by atoms with Crippen molar-refractivity contribution < 1.29 is 9.50 Å². The molecule has 0 fully saturated rings. The van der Waals surface area contributed by atoms with Gasteiger partial charge in [-0.25, -0.2) is 9.18 Å². The Kier molecular flexibility index (Phi) is 5.90. The van der Waals surface area contributed by atoms with Crippen LogP contribution in [-0.4, -0.2) is 27.8 Å². The zero-order valence-electron chi connectivity index (χ0n) is 15.1. The summed E-state index contributed by atoms with van der Waals surface area (Å²) in [5.74, 6) is -0.417. The van der Waals surface area contributed by atoms with Crippen LogP contribution in [0.3, 0.4) is 0 Å². The largest absolute Gasteiger partial charge is 0.395 e. The third-order valence-electron chi connectivity index (χ3n) is 4.35. The van der Waals surface area contributed by atoms with Crippen LogP contribution in [0.2, 0.25) is 0 Å². The number of aromatic amines is 1. The van der Waals surface area contributed by atoms with Crippen molar-refractivity contribution in [3.8, 4) is 0 Å². The van der Waals surface area contributed by atoms with Crippen LogP contribution in [0.1, 0.15) is 11.1 Å². The molecule has 28 heavy (non-hydrogen) atoms. The number of rotatable bonds is 7. The molecule has 0 saturated carbocycles. The van der Waals surface area contributed by atoms with Gasteiger partial charge < -0.3 is 15.7 Å². The van der Waals surface area contributed by atoms with E-state index < -0.39 is 17.1 Å². The third-order valence-corrected chi connectivity index (χ3v) is 4.35. The fraction of sp³-hybridized carbons (Fsp3) is 0.200. The van der Waals surface area contributed by atoms with Gasteiger partial charge in [0.15, 0.2) is 0 Å². The van der Waals surface area contributed by atoms with E-state index in [0.717, 1.165) is 5.56 Å². The maximum absolute atomic E-state index is 13.5. The SMILES string of the molecule is Nc1c(N(CCO)Cc2cccc(F)c2)c(=O)[nH]c(=O)n1Cc1ccccc1. The Bertz CT molecular complexity index is 1060. The fourth-order valence-corrected chi connectivity index (χ4v) is 3.05. The summed E-state index contributed by atoms with van der Waals surface area (Å²) in [6.07, 6.45) is 0. The number of benzene rings is 2. The lowest BCUT2D eigenvalue weighted by Crippen LogP contribution is -2.39. The van der Waals surface area contributed by atoms with Crippen molar-refractivity contribution in [1.82, 2.24) is 9.55 Å². The van der Waals surface area contributed by atoms with Crippen LogP contribution in [0, 0.1) is 5.82 Å². The number of hydrogen-bond acceptors (Lipinski definition) is 5. The van der Waals surface area contributed by atoms with E-state index in [1.165, 1.54) is 21.6 Å². The predicted molar refractivity (Wildman–Crippen MR) is 106 cm³/mol. The molecule has 0 bridgehead atoms. The Morgan fingerprint density at radius 3 is 2.46 bits per heavy atom. The lowest BCUT2D eigenvalue weighted by molar-refractivity contribution is 0.301. The molecule has 0 saturated heterocycles. The van der Waals surface area contributed by atoms with Crippen LogP contribution in [0.4, 0.5) is 15.9 Å². The van der Waals surface area contributed by atoms with E-state index in [1.807, 2.05) is 30.3 Å². The maximum Gasteiger partial charge on any atom is 0.330 e. The molecule has 8 heteroatoms. The number of hydrogen-bond donors (Lipinski definition) is 3. The summed E-state index contributed by atoms with van der Waals surface area (Å²) in [7, 11) is 0. The van der Waals surface area contributed by atoms with Crippen molar-refractivity contribution in [2.24, 2.45) is 0 Å². The monoisotopic (exact) mass is 384 g/mol. The van der Waals surface area contributed by atoms with Gasteiger partial charge in [0, 0.05) is 13.1 Å². The van der Waals surface area contributed by atoms with Crippen LogP contribution >= 0.6 is 0 Å². The molecule has 1 heterocycles. The zero-order chi connectivity index (χ0) is 20.1. The second-order valence-electron chi connectivity index (χ2n) is 6.34. The minimum absolute atomic E-state index is 0.0116. The molecule has 3 aromatic rings. The molecular formula is C20H21FN4O3. The topological polar surface area (TPSA) is 104 Å². The highest BCUT2D eigenvalue weighted by atomic mass is 19.1. The summed E-state index contributed by atoms with van der Waals surface area (Å²) in [4.78, 5) is 28.6. The number of aromatic nitrogens is 2. The molecule has 0 unspecified atom stereocenters. The first-order chi connectivity index (χ1) is 13.5. The number of nitrogens with zero attached hydrogens (tertiary/aromatic N) is 2.